The van der Waals surface area contributed by atoms with Crippen LogP contribution in [0.1, 0.15) is 27.7 Å². The zero-order valence-electron chi connectivity index (χ0n) is 13.1. The molecule has 5 nitrogen and oxygen atoms in total. The largest absolute Gasteiger partial charge is 0.497 e. The minimum Gasteiger partial charge on any atom is -0.497 e. The van der Waals surface area contributed by atoms with Crippen LogP contribution in [0.25, 0.3) is 0 Å². The van der Waals surface area contributed by atoms with Crippen LogP contribution < -0.4 is 15.0 Å². The lowest BCUT2D eigenvalue weighted by Crippen LogP contribution is -2.69. The molecular formula is C16H22N2O3. The van der Waals surface area contributed by atoms with Crippen molar-refractivity contribution in [1.29, 1.82) is 0 Å². The van der Waals surface area contributed by atoms with E-state index in [1.54, 1.807) is 31.9 Å². The fraction of sp³-hybridized carbons (Fsp3) is 0.500. The minimum atomic E-state index is -0.911. The maximum atomic E-state index is 12.8. The summed E-state index contributed by atoms with van der Waals surface area (Å²) in [6.45, 7) is 7.31. The monoisotopic (exact) mass is 290 g/mol. The first-order chi connectivity index (χ1) is 9.77. The van der Waals surface area contributed by atoms with Crippen LogP contribution in [0, 0.1) is 5.92 Å². The fourth-order valence-corrected chi connectivity index (χ4v) is 2.62. The Bertz CT molecular complexity index is 566. The molecule has 5 heteroatoms. The first-order valence-electron chi connectivity index (χ1n) is 7.07. The Kier molecular flexibility index (Phi) is 3.94. The number of anilines is 1. The molecule has 21 heavy (non-hydrogen) atoms. The number of benzene rings is 1. The van der Waals surface area contributed by atoms with E-state index in [1.807, 2.05) is 32.0 Å². The van der Waals surface area contributed by atoms with Crippen LogP contribution in [0.15, 0.2) is 24.3 Å². The van der Waals surface area contributed by atoms with Gasteiger partial charge in [0.15, 0.2) is 0 Å². The normalized spacial score (nSPS) is 21.4. The standard InChI is InChI=1S/C16H22N2O3/c1-10(2)13-14(19)17-16(3,4)15(20)18(13)11-7-6-8-12(9-11)21-5/h6-10,13H,1-5H3,(H,17,19). The van der Waals surface area contributed by atoms with Crippen LogP contribution in [-0.4, -0.2) is 30.5 Å². The first-order valence-corrected chi connectivity index (χ1v) is 7.07. The van der Waals surface area contributed by atoms with E-state index >= 15 is 0 Å². The second kappa shape index (κ2) is 5.39. The molecule has 1 atom stereocenters. The molecule has 2 amide bonds. The molecule has 1 heterocycles. The van der Waals surface area contributed by atoms with Gasteiger partial charge in [0.25, 0.3) is 5.91 Å². The Morgan fingerprint density at radius 3 is 2.52 bits per heavy atom. The quantitative estimate of drug-likeness (QED) is 0.926. The van der Waals surface area contributed by atoms with Crippen molar-refractivity contribution in [2.75, 3.05) is 12.0 Å². The molecule has 0 radical (unpaired) electrons. The molecule has 0 aliphatic carbocycles. The summed E-state index contributed by atoms with van der Waals surface area (Å²) in [7, 11) is 1.58. The summed E-state index contributed by atoms with van der Waals surface area (Å²) in [5.41, 5.74) is -0.230. The summed E-state index contributed by atoms with van der Waals surface area (Å²) in [5.74, 6) is 0.425. The third kappa shape index (κ3) is 2.73. The van der Waals surface area contributed by atoms with Crippen molar-refractivity contribution >= 4 is 17.5 Å². The molecule has 0 bridgehead atoms. The van der Waals surface area contributed by atoms with Gasteiger partial charge in [0.2, 0.25) is 5.91 Å². The van der Waals surface area contributed by atoms with Gasteiger partial charge in [0.1, 0.15) is 17.3 Å². The molecular weight excluding hydrogens is 268 g/mol. The molecule has 1 fully saturated rings. The van der Waals surface area contributed by atoms with E-state index in [4.69, 9.17) is 4.74 Å². The molecule has 0 aromatic heterocycles. The maximum Gasteiger partial charge on any atom is 0.252 e. The van der Waals surface area contributed by atoms with Gasteiger partial charge in [-0.2, -0.15) is 0 Å². The minimum absolute atomic E-state index is 0.0104. The van der Waals surface area contributed by atoms with E-state index in [1.165, 1.54) is 0 Å². The summed E-state index contributed by atoms with van der Waals surface area (Å²) in [4.78, 5) is 26.8. The number of rotatable bonds is 3. The summed E-state index contributed by atoms with van der Waals surface area (Å²) in [6, 6.07) is 6.72. The number of carbonyl (C=O) groups is 2. The van der Waals surface area contributed by atoms with Crippen LogP contribution in [-0.2, 0) is 9.59 Å². The second-order valence-electron chi connectivity index (χ2n) is 6.18. The summed E-state index contributed by atoms with van der Waals surface area (Å²) in [6.07, 6.45) is 0. The van der Waals surface area contributed by atoms with Crippen molar-refractivity contribution in [3.05, 3.63) is 24.3 Å². The van der Waals surface area contributed by atoms with Crippen molar-refractivity contribution in [3.63, 3.8) is 0 Å². The third-order valence-corrected chi connectivity index (χ3v) is 3.70. The van der Waals surface area contributed by atoms with Gasteiger partial charge in [-0.3, -0.25) is 14.5 Å². The number of piperazine rings is 1. The first kappa shape index (κ1) is 15.4. The van der Waals surface area contributed by atoms with Gasteiger partial charge in [-0.15, -0.1) is 0 Å². The van der Waals surface area contributed by atoms with Crippen molar-refractivity contribution in [2.24, 2.45) is 5.92 Å². The number of methoxy groups -OCH3 is 1. The number of amides is 2. The van der Waals surface area contributed by atoms with Gasteiger partial charge in [0.05, 0.1) is 7.11 Å². The summed E-state index contributed by atoms with van der Waals surface area (Å²) >= 11 is 0. The van der Waals surface area contributed by atoms with Crippen LogP contribution in [0.4, 0.5) is 5.69 Å². The van der Waals surface area contributed by atoms with E-state index in [9.17, 15) is 9.59 Å². The summed E-state index contributed by atoms with van der Waals surface area (Å²) in [5, 5.41) is 2.80. The Morgan fingerprint density at radius 1 is 1.29 bits per heavy atom. The van der Waals surface area contributed by atoms with E-state index in [0.29, 0.717) is 11.4 Å². The SMILES string of the molecule is COc1cccc(N2C(=O)C(C)(C)NC(=O)C2C(C)C)c1. The molecule has 1 saturated heterocycles. The highest BCUT2D eigenvalue weighted by molar-refractivity contribution is 6.10. The molecule has 0 saturated carbocycles. The lowest BCUT2D eigenvalue weighted by Gasteiger charge is -2.44. The topological polar surface area (TPSA) is 58.6 Å². The van der Waals surface area contributed by atoms with Gasteiger partial charge in [-0.05, 0) is 31.9 Å². The lowest BCUT2D eigenvalue weighted by atomic mass is 9.91. The zero-order valence-corrected chi connectivity index (χ0v) is 13.1. The van der Waals surface area contributed by atoms with Crippen molar-refractivity contribution in [1.82, 2.24) is 5.32 Å². The number of hydrogen-bond donors (Lipinski definition) is 1. The number of hydrogen-bond acceptors (Lipinski definition) is 3. The second-order valence-corrected chi connectivity index (χ2v) is 6.18. The van der Waals surface area contributed by atoms with Crippen LogP contribution in [0.3, 0.4) is 0 Å². The highest BCUT2D eigenvalue weighted by atomic mass is 16.5. The van der Waals surface area contributed by atoms with Crippen LogP contribution >= 0.6 is 0 Å². The van der Waals surface area contributed by atoms with Crippen LogP contribution in [0.2, 0.25) is 0 Å². The number of ether oxygens (including phenoxy) is 1. The average Bonchev–Trinajstić information content (AvgIpc) is 2.41. The van der Waals surface area contributed by atoms with Crippen LogP contribution in [0.5, 0.6) is 5.75 Å². The highest BCUT2D eigenvalue weighted by Gasteiger charge is 2.47. The predicted octanol–water partition coefficient (Wildman–Crippen LogP) is 1.96. The van der Waals surface area contributed by atoms with Gasteiger partial charge >= 0.3 is 0 Å². The van der Waals surface area contributed by atoms with E-state index < -0.39 is 11.6 Å². The molecule has 1 aliphatic rings. The predicted molar refractivity (Wildman–Crippen MR) is 81.3 cm³/mol. The third-order valence-electron chi connectivity index (χ3n) is 3.70. The van der Waals surface area contributed by atoms with E-state index in [-0.39, 0.29) is 17.7 Å². The molecule has 1 aromatic rings. The van der Waals surface area contributed by atoms with Crippen molar-refractivity contribution in [2.45, 2.75) is 39.3 Å². The van der Waals surface area contributed by atoms with Gasteiger partial charge < -0.3 is 10.1 Å². The number of nitrogens with one attached hydrogen (secondary N) is 1. The highest BCUT2D eigenvalue weighted by Crippen LogP contribution is 2.30. The van der Waals surface area contributed by atoms with Gasteiger partial charge in [0, 0.05) is 11.8 Å². The van der Waals surface area contributed by atoms with Crippen molar-refractivity contribution < 1.29 is 14.3 Å². The molecule has 1 aromatic carbocycles. The molecule has 0 spiro atoms. The summed E-state index contributed by atoms with van der Waals surface area (Å²) < 4.78 is 5.22. The van der Waals surface area contributed by atoms with Crippen molar-refractivity contribution in [3.8, 4) is 5.75 Å². The molecule has 2 rings (SSSR count). The van der Waals surface area contributed by atoms with E-state index in [2.05, 4.69) is 5.32 Å². The Morgan fingerprint density at radius 2 is 1.95 bits per heavy atom. The number of nitrogens with zero attached hydrogens (tertiary/aromatic N) is 1. The molecule has 1 N–H and O–H groups in total. The molecule has 1 aliphatic heterocycles. The smallest absolute Gasteiger partial charge is 0.252 e. The fourth-order valence-electron chi connectivity index (χ4n) is 2.62. The Hall–Kier alpha value is -2.04. The Labute approximate surface area is 125 Å². The average molecular weight is 290 g/mol. The molecule has 114 valence electrons. The zero-order chi connectivity index (χ0) is 15.8. The Balaban J connectivity index is 2.52. The van der Waals surface area contributed by atoms with Gasteiger partial charge in [-0.25, -0.2) is 0 Å². The molecule has 1 unspecified atom stereocenters. The van der Waals surface area contributed by atoms with Gasteiger partial charge in [-0.1, -0.05) is 19.9 Å². The maximum absolute atomic E-state index is 12.8. The number of carbonyl (C=O) groups excluding carboxylic acids is 2. The lowest BCUT2D eigenvalue weighted by molar-refractivity contribution is -0.138. The van der Waals surface area contributed by atoms with E-state index in [0.717, 1.165) is 0 Å².